The van der Waals surface area contributed by atoms with Gasteiger partial charge < -0.3 is 15.0 Å². The van der Waals surface area contributed by atoms with Gasteiger partial charge in [-0.3, -0.25) is 4.79 Å². The Labute approximate surface area is 132 Å². The van der Waals surface area contributed by atoms with Crippen LogP contribution in [0.1, 0.15) is 38.2 Å². The van der Waals surface area contributed by atoms with Crippen molar-refractivity contribution in [1.29, 1.82) is 0 Å². The van der Waals surface area contributed by atoms with E-state index >= 15 is 0 Å². The van der Waals surface area contributed by atoms with Crippen molar-refractivity contribution in [2.45, 2.75) is 57.2 Å². The molecule has 1 aromatic rings. The quantitative estimate of drug-likeness (QED) is 0.908. The third-order valence-electron chi connectivity index (χ3n) is 4.98. The van der Waals surface area contributed by atoms with Gasteiger partial charge in [-0.25, -0.2) is 0 Å². The summed E-state index contributed by atoms with van der Waals surface area (Å²) < 4.78 is 5.44. The van der Waals surface area contributed by atoms with E-state index in [-0.39, 0.29) is 5.91 Å². The van der Waals surface area contributed by atoms with Crippen LogP contribution in [0.2, 0.25) is 0 Å². The van der Waals surface area contributed by atoms with Crippen molar-refractivity contribution >= 4 is 5.91 Å². The van der Waals surface area contributed by atoms with E-state index in [1.165, 1.54) is 12.8 Å². The lowest BCUT2D eigenvalue weighted by Gasteiger charge is -2.35. The van der Waals surface area contributed by atoms with Crippen LogP contribution in [-0.2, 0) is 11.2 Å². The van der Waals surface area contributed by atoms with E-state index in [9.17, 15) is 4.79 Å². The van der Waals surface area contributed by atoms with Gasteiger partial charge in [-0.2, -0.15) is 0 Å². The molecule has 2 aliphatic heterocycles. The molecule has 4 heteroatoms. The predicted octanol–water partition coefficient (Wildman–Crippen LogP) is 2.37. The lowest BCUT2D eigenvalue weighted by Crippen LogP contribution is -2.49. The third kappa shape index (κ3) is 3.43. The number of hydrogen-bond acceptors (Lipinski definition) is 3. The molecule has 0 aliphatic carbocycles. The van der Waals surface area contributed by atoms with Crippen molar-refractivity contribution in [2.24, 2.45) is 0 Å². The first kappa shape index (κ1) is 15.3. The number of nitrogens with zero attached hydrogens (tertiary/aromatic N) is 1. The van der Waals surface area contributed by atoms with Gasteiger partial charge >= 0.3 is 0 Å². The van der Waals surface area contributed by atoms with Crippen molar-refractivity contribution in [3.8, 4) is 5.75 Å². The molecule has 22 heavy (non-hydrogen) atoms. The second kappa shape index (κ2) is 6.69. The van der Waals surface area contributed by atoms with E-state index in [4.69, 9.17) is 4.74 Å². The zero-order valence-corrected chi connectivity index (χ0v) is 13.5. The van der Waals surface area contributed by atoms with Gasteiger partial charge in [0.1, 0.15) is 5.75 Å². The lowest BCUT2D eigenvalue weighted by molar-refractivity contribution is -0.131. The van der Waals surface area contributed by atoms with Crippen LogP contribution in [0.15, 0.2) is 24.3 Å². The molecule has 0 saturated carbocycles. The Hall–Kier alpha value is -1.55. The predicted molar refractivity (Wildman–Crippen MR) is 87.1 cm³/mol. The molecule has 2 aliphatic rings. The van der Waals surface area contributed by atoms with Crippen molar-refractivity contribution in [3.63, 3.8) is 0 Å². The lowest BCUT2D eigenvalue weighted by atomic mass is 9.98. The van der Waals surface area contributed by atoms with Crippen LogP contribution < -0.4 is 10.1 Å². The number of rotatable bonds is 5. The topological polar surface area (TPSA) is 41.6 Å². The van der Waals surface area contributed by atoms with Crippen LogP contribution in [0.25, 0.3) is 0 Å². The Morgan fingerprint density at radius 2 is 1.86 bits per heavy atom. The Balaban J connectivity index is 1.56. The van der Waals surface area contributed by atoms with E-state index in [1.54, 1.807) is 0 Å². The average Bonchev–Trinajstić information content (AvgIpc) is 2.87. The van der Waals surface area contributed by atoms with E-state index in [1.807, 2.05) is 43.1 Å². The zero-order valence-electron chi connectivity index (χ0n) is 13.5. The van der Waals surface area contributed by atoms with Gasteiger partial charge in [-0.15, -0.1) is 0 Å². The van der Waals surface area contributed by atoms with E-state index in [2.05, 4.69) is 5.32 Å². The summed E-state index contributed by atoms with van der Waals surface area (Å²) in [5.74, 6) is 1.08. The maximum Gasteiger partial charge on any atom is 0.226 e. The minimum Gasteiger partial charge on any atom is -0.494 e. The summed E-state index contributed by atoms with van der Waals surface area (Å²) >= 11 is 0. The first-order chi connectivity index (χ1) is 10.7. The van der Waals surface area contributed by atoms with Crippen LogP contribution in [0.3, 0.4) is 0 Å². The molecule has 0 spiro atoms. The van der Waals surface area contributed by atoms with E-state index in [0.29, 0.717) is 31.2 Å². The van der Waals surface area contributed by atoms with Gasteiger partial charge in [0.15, 0.2) is 0 Å². The van der Waals surface area contributed by atoms with E-state index in [0.717, 1.165) is 24.2 Å². The fraction of sp³-hybridized carbons (Fsp3) is 0.611. The molecule has 2 saturated heterocycles. The second-order valence-corrected chi connectivity index (χ2v) is 6.52. The van der Waals surface area contributed by atoms with Crippen LogP contribution in [0.4, 0.5) is 0 Å². The summed E-state index contributed by atoms with van der Waals surface area (Å²) in [7, 11) is 1.96. The van der Waals surface area contributed by atoms with E-state index < -0.39 is 0 Å². The molecule has 3 rings (SSSR count). The molecular weight excluding hydrogens is 276 g/mol. The Kier molecular flexibility index (Phi) is 4.67. The maximum atomic E-state index is 12.5. The van der Waals surface area contributed by atoms with Crippen LogP contribution in [0, 0.1) is 0 Å². The number of piperidine rings is 1. The highest BCUT2D eigenvalue weighted by Gasteiger charge is 2.36. The zero-order chi connectivity index (χ0) is 15.5. The largest absolute Gasteiger partial charge is 0.494 e. The van der Waals surface area contributed by atoms with Crippen LogP contribution >= 0.6 is 0 Å². The Bertz CT molecular complexity index is 502. The minimum atomic E-state index is 0.218. The molecule has 1 N–H and O–H groups in total. The number of benzene rings is 1. The SMILES string of the molecule is CCOc1ccc(CC(=O)N(C)C2CC3CCC(C2)N3)cc1. The number of fused-ring (bicyclic) bond motifs is 2. The number of hydrogen-bond donors (Lipinski definition) is 1. The standard InChI is InChI=1S/C18H26N2O2/c1-3-22-17-8-4-13(5-9-17)10-18(21)20(2)16-11-14-6-7-15(12-16)19-14/h4-5,8-9,14-16,19H,3,6-7,10-12H2,1-2H3. The monoisotopic (exact) mass is 302 g/mol. The highest BCUT2D eigenvalue weighted by atomic mass is 16.5. The summed E-state index contributed by atoms with van der Waals surface area (Å²) in [5, 5.41) is 3.63. The van der Waals surface area contributed by atoms with Gasteiger partial charge in [0.25, 0.3) is 0 Å². The summed E-state index contributed by atoms with van der Waals surface area (Å²) in [6.07, 6.45) is 5.20. The van der Waals surface area contributed by atoms with Crippen molar-refractivity contribution in [3.05, 3.63) is 29.8 Å². The number of nitrogens with one attached hydrogen (secondary N) is 1. The molecule has 2 fully saturated rings. The minimum absolute atomic E-state index is 0.218. The van der Waals surface area contributed by atoms with Crippen LogP contribution in [-0.4, -0.2) is 42.6 Å². The van der Waals surface area contributed by atoms with Gasteiger partial charge in [-0.05, 0) is 50.3 Å². The van der Waals surface area contributed by atoms with Crippen LogP contribution in [0.5, 0.6) is 5.75 Å². The Morgan fingerprint density at radius 3 is 2.45 bits per heavy atom. The van der Waals surface area contributed by atoms with Crippen molar-refractivity contribution in [1.82, 2.24) is 10.2 Å². The fourth-order valence-corrected chi connectivity index (χ4v) is 3.72. The van der Waals surface area contributed by atoms with Crippen molar-refractivity contribution in [2.75, 3.05) is 13.7 Å². The smallest absolute Gasteiger partial charge is 0.226 e. The summed E-state index contributed by atoms with van der Waals surface area (Å²) in [6, 6.07) is 9.49. The second-order valence-electron chi connectivity index (χ2n) is 6.52. The molecule has 2 atom stereocenters. The average molecular weight is 302 g/mol. The summed E-state index contributed by atoms with van der Waals surface area (Å²) in [6.45, 7) is 2.64. The molecule has 4 nitrogen and oxygen atoms in total. The fourth-order valence-electron chi connectivity index (χ4n) is 3.72. The molecule has 120 valence electrons. The molecule has 0 aromatic heterocycles. The third-order valence-corrected chi connectivity index (χ3v) is 4.98. The highest BCUT2D eigenvalue weighted by molar-refractivity contribution is 5.78. The molecule has 2 unspecified atom stereocenters. The molecule has 1 aromatic carbocycles. The van der Waals surface area contributed by atoms with Gasteiger partial charge in [0, 0.05) is 25.2 Å². The first-order valence-corrected chi connectivity index (χ1v) is 8.39. The molecule has 1 amide bonds. The normalized spacial score (nSPS) is 26.7. The highest BCUT2D eigenvalue weighted by Crippen LogP contribution is 2.29. The van der Waals surface area contributed by atoms with Gasteiger partial charge in [-0.1, -0.05) is 12.1 Å². The number of carbonyl (C=O) groups excluding carboxylic acids is 1. The number of amides is 1. The van der Waals surface area contributed by atoms with Gasteiger partial charge in [0.05, 0.1) is 13.0 Å². The first-order valence-electron chi connectivity index (χ1n) is 8.39. The summed E-state index contributed by atoms with van der Waals surface area (Å²) in [5.41, 5.74) is 1.05. The molecule has 2 bridgehead atoms. The number of carbonyl (C=O) groups is 1. The molecular formula is C18H26N2O2. The number of likely N-dealkylation sites (N-methyl/N-ethyl adjacent to an activating group) is 1. The molecule has 0 radical (unpaired) electrons. The molecule has 2 heterocycles. The van der Waals surface area contributed by atoms with Gasteiger partial charge in [0.2, 0.25) is 5.91 Å². The number of ether oxygens (including phenoxy) is 1. The summed E-state index contributed by atoms with van der Waals surface area (Å²) in [4.78, 5) is 14.5. The maximum absolute atomic E-state index is 12.5. The van der Waals surface area contributed by atoms with Crippen molar-refractivity contribution < 1.29 is 9.53 Å². The Morgan fingerprint density at radius 1 is 1.23 bits per heavy atom.